The van der Waals surface area contributed by atoms with Crippen LogP contribution in [0, 0.1) is 5.41 Å². The van der Waals surface area contributed by atoms with Crippen molar-refractivity contribution in [2.75, 3.05) is 11.5 Å². The second-order valence-electron chi connectivity index (χ2n) is 5.08. The highest BCUT2D eigenvalue weighted by Gasteiger charge is 2.50. The number of halogens is 3. The van der Waals surface area contributed by atoms with E-state index >= 15 is 0 Å². The van der Waals surface area contributed by atoms with E-state index in [0.717, 1.165) is 12.2 Å². The van der Waals surface area contributed by atoms with E-state index in [-0.39, 0.29) is 11.2 Å². The molecule has 0 radical (unpaired) electrons. The van der Waals surface area contributed by atoms with E-state index in [1.54, 1.807) is 11.8 Å². The molecule has 102 valence electrons. The zero-order valence-electron chi connectivity index (χ0n) is 10.0. The van der Waals surface area contributed by atoms with Crippen LogP contribution < -0.4 is 5.73 Å². The average Bonchev–Trinajstić information content (AvgIpc) is 2.71. The highest BCUT2D eigenvalue weighted by atomic mass is 32.2. The Morgan fingerprint density at radius 2 is 2.06 bits per heavy atom. The minimum absolute atomic E-state index is 0.0629. The van der Waals surface area contributed by atoms with Crippen LogP contribution in [0.25, 0.3) is 0 Å². The lowest BCUT2D eigenvalue weighted by atomic mass is 9.71. The second-order valence-corrected chi connectivity index (χ2v) is 6.18. The minimum Gasteiger partial charge on any atom is -0.329 e. The quantitative estimate of drug-likeness (QED) is 0.856. The normalized spacial score (nSPS) is 28.3. The topological polar surface area (TPSA) is 64.9 Å². The first-order chi connectivity index (χ1) is 8.17. The number of hydrogen-bond acceptors (Lipinski definition) is 5. The monoisotopic (exact) mass is 281 g/mol. The number of hydrogen-bond donors (Lipinski definition) is 1. The molecular weight excluding hydrogens is 267 g/mol. The van der Waals surface area contributed by atoms with Gasteiger partial charge in [-0.05, 0) is 17.6 Å². The van der Waals surface area contributed by atoms with Crippen molar-refractivity contribution in [1.29, 1.82) is 0 Å². The largest absolute Gasteiger partial charge is 0.471 e. The molecule has 1 saturated heterocycles. The Kier molecular flexibility index (Phi) is 3.13. The molecule has 0 saturated carbocycles. The van der Waals surface area contributed by atoms with Crippen molar-refractivity contribution in [1.82, 2.24) is 10.1 Å². The molecule has 2 heterocycles. The van der Waals surface area contributed by atoms with Crippen molar-refractivity contribution >= 4 is 11.8 Å². The van der Waals surface area contributed by atoms with Gasteiger partial charge in [0.05, 0.1) is 5.54 Å². The molecule has 1 aliphatic heterocycles. The van der Waals surface area contributed by atoms with Gasteiger partial charge >= 0.3 is 12.1 Å². The summed E-state index contributed by atoms with van der Waals surface area (Å²) >= 11 is 1.59. The summed E-state index contributed by atoms with van der Waals surface area (Å²) in [7, 11) is 0. The number of rotatable bonds is 1. The molecule has 1 atom stereocenters. The maximum absolute atomic E-state index is 12.4. The Bertz CT molecular complexity index is 446. The molecule has 8 heteroatoms. The Labute approximate surface area is 106 Å². The van der Waals surface area contributed by atoms with Crippen LogP contribution in [0.2, 0.25) is 0 Å². The first-order valence-electron chi connectivity index (χ1n) is 5.45. The van der Waals surface area contributed by atoms with Gasteiger partial charge in [0, 0.05) is 5.75 Å². The van der Waals surface area contributed by atoms with Crippen LogP contribution in [0.4, 0.5) is 13.2 Å². The van der Waals surface area contributed by atoms with Crippen LogP contribution in [0.1, 0.15) is 32.0 Å². The van der Waals surface area contributed by atoms with Crippen LogP contribution in [0.15, 0.2) is 4.52 Å². The van der Waals surface area contributed by atoms with E-state index < -0.39 is 17.6 Å². The molecule has 2 N–H and O–H groups in total. The summed E-state index contributed by atoms with van der Waals surface area (Å²) in [4.78, 5) is 3.43. The number of nitrogens with zero attached hydrogens (tertiary/aromatic N) is 2. The van der Waals surface area contributed by atoms with Crippen LogP contribution in [0.3, 0.4) is 0 Å². The Balaban J connectivity index is 2.38. The van der Waals surface area contributed by atoms with Gasteiger partial charge in [0.15, 0.2) is 5.82 Å². The fourth-order valence-corrected chi connectivity index (χ4v) is 3.51. The van der Waals surface area contributed by atoms with E-state index in [1.165, 1.54) is 0 Å². The fraction of sp³-hybridized carbons (Fsp3) is 0.800. The molecule has 1 fully saturated rings. The lowest BCUT2D eigenvalue weighted by Crippen LogP contribution is -2.55. The van der Waals surface area contributed by atoms with Gasteiger partial charge in [-0.25, -0.2) is 0 Å². The number of thioether (sulfide) groups is 1. The van der Waals surface area contributed by atoms with Gasteiger partial charge in [-0.2, -0.15) is 29.9 Å². The third-order valence-electron chi connectivity index (χ3n) is 3.48. The van der Waals surface area contributed by atoms with Crippen LogP contribution in [0.5, 0.6) is 0 Å². The molecule has 0 amide bonds. The van der Waals surface area contributed by atoms with Gasteiger partial charge in [-0.3, -0.25) is 0 Å². The predicted molar refractivity (Wildman–Crippen MR) is 60.9 cm³/mol. The van der Waals surface area contributed by atoms with Crippen molar-refractivity contribution in [3.63, 3.8) is 0 Å². The highest BCUT2D eigenvalue weighted by Crippen LogP contribution is 2.46. The summed E-state index contributed by atoms with van der Waals surface area (Å²) in [5.74, 6) is 0.00738. The van der Waals surface area contributed by atoms with Crippen molar-refractivity contribution in [3.05, 3.63) is 11.7 Å². The van der Waals surface area contributed by atoms with Crippen molar-refractivity contribution < 1.29 is 17.7 Å². The molecule has 0 spiro atoms. The molecule has 0 aliphatic carbocycles. The Morgan fingerprint density at radius 3 is 2.56 bits per heavy atom. The fourth-order valence-electron chi connectivity index (χ4n) is 1.87. The maximum Gasteiger partial charge on any atom is 0.471 e. The maximum atomic E-state index is 12.4. The standard InChI is InChI=1S/C10H14F3N3OS/c1-8(2)3-4-18-5-9(8,14)6-15-7(17-16-6)10(11,12)13/h3-5,14H2,1-2H3. The molecule has 1 unspecified atom stereocenters. The van der Waals surface area contributed by atoms with E-state index in [9.17, 15) is 13.2 Å². The zero-order chi connectivity index (χ0) is 13.6. The van der Waals surface area contributed by atoms with Crippen molar-refractivity contribution in [2.24, 2.45) is 11.1 Å². The molecule has 18 heavy (non-hydrogen) atoms. The lowest BCUT2D eigenvalue weighted by molar-refractivity contribution is -0.159. The minimum atomic E-state index is -4.63. The van der Waals surface area contributed by atoms with E-state index in [0.29, 0.717) is 5.75 Å². The molecule has 1 aromatic heterocycles. The van der Waals surface area contributed by atoms with Crippen molar-refractivity contribution in [3.8, 4) is 0 Å². The van der Waals surface area contributed by atoms with Crippen molar-refractivity contribution in [2.45, 2.75) is 32.0 Å². The molecule has 1 aromatic rings. The first-order valence-corrected chi connectivity index (χ1v) is 6.60. The van der Waals surface area contributed by atoms with Gasteiger partial charge in [-0.15, -0.1) is 0 Å². The third-order valence-corrected chi connectivity index (χ3v) is 4.63. The van der Waals surface area contributed by atoms with Crippen LogP contribution in [-0.2, 0) is 11.7 Å². The summed E-state index contributed by atoms with van der Waals surface area (Å²) in [5, 5.41) is 3.43. The number of aromatic nitrogens is 2. The molecule has 0 bridgehead atoms. The highest BCUT2D eigenvalue weighted by molar-refractivity contribution is 7.99. The summed E-state index contributed by atoms with van der Waals surface area (Å²) in [6.45, 7) is 3.83. The van der Waals surface area contributed by atoms with Crippen LogP contribution in [-0.4, -0.2) is 21.6 Å². The Hall–Kier alpha value is -0.760. The van der Waals surface area contributed by atoms with Gasteiger partial charge < -0.3 is 10.3 Å². The van der Waals surface area contributed by atoms with E-state index in [1.807, 2.05) is 13.8 Å². The van der Waals surface area contributed by atoms with Gasteiger partial charge in [-0.1, -0.05) is 19.0 Å². The Morgan fingerprint density at radius 1 is 1.39 bits per heavy atom. The molecular formula is C10H14F3N3OS. The third kappa shape index (κ3) is 2.11. The SMILES string of the molecule is CC1(C)CCSCC1(N)c1noc(C(F)(F)F)n1. The molecule has 4 nitrogen and oxygen atoms in total. The first kappa shape index (κ1) is 13.7. The molecule has 1 aliphatic rings. The summed E-state index contributed by atoms with van der Waals surface area (Å²) in [5.41, 5.74) is 4.87. The molecule has 0 aromatic carbocycles. The average molecular weight is 281 g/mol. The number of alkyl halides is 3. The van der Waals surface area contributed by atoms with Gasteiger partial charge in [0.1, 0.15) is 0 Å². The molecule has 2 rings (SSSR count). The van der Waals surface area contributed by atoms with Crippen LogP contribution >= 0.6 is 11.8 Å². The van der Waals surface area contributed by atoms with E-state index in [2.05, 4.69) is 14.7 Å². The lowest BCUT2D eigenvalue weighted by Gasteiger charge is -2.45. The predicted octanol–water partition coefficient (Wildman–Crippen LogP) is 2.41. The summed E-state index contributed by atoms with van der Waals surface area (Å²) in [6, 6.07) is 0. The smallest absolute Gasteiger partial charge is 0.329 e. The summed E-state index contributed by atoms with van der Waals surface area (Å²) in [6.07, 6.45) is -3.84. The van der Waals surface area contributed by atoms with Gasteiger partial charge in [0.2, 0.25) is 0 Å². The zero-order valence-corrected chi connectivity index (χ0v) is 10.9. The number of nitrogens with two attached hydrogens (primary N) is 1. The second kappa shape index (κ2) is 4.12. The van der Waals surface area contributed by atoms with Gasteiger partial charge in [0.25, 0.3) is 0 Å². The summed E-state index contributed by atoms with van der Waals surface area (Å²) < 4.78 is 41.6. The van der Waals surface area contributed by atoms with E-state index in [4.69, 9.17) is 5.73 Å².